The Labute approximate surface area is 163 Å². The molecule has 146 valence electrons. The Morgan fingerprint density at radius 3 is 2.70 bits per heavy atom. The largest absolute Gasteiger partial charge is 0.494 e. The first-order valence-electron chi connectivity index (χ1n) is 10.0. The quantitative estimate of drug-likeness (QED) is 0.774. The van der Waals surface area contributed by atoms with Crippen LogP contribution in [0.5, 0.6) is 5.75 Å². The molecule has 27 heavy (non-hydrogen) atoms. The molecule has 0 aromatic heterocycles. The zero-order valence-electron chi connectivity index (χ0n) is 16.6. The minimum absolute atomic E-state index is 0.239. The molecule has 1 N–H and O–H groups in total. The molecule has 1 saturated heterocycles. The number of rotatable bonds is 8. The zero-order chi connectivity index (χ0) is 19.1. The third-order valence-electron chi connectivity index (χ3n) is 5.40. The number of aliphatic hydroxyl groups excluding tert-OH is 1. The summed E-state index contributed by atoms with van der Waals surface area (Å²) < 4.78 is 5.63. The number of ether oxygens (including phenoxy) is 1. The summed E-state index contributed by atoms with van der Waals surface area (Å²) in [6, 6.07) is 17.4. The van der Waals surface area contributed by atoms with Crippen LogP contribution < -0.4 is 4.74 Å². The molecule has 0 radical (unpaired) electrons. The minimum atomic E-state index is 0.239. The maximum Gasteiger partial charge on any atom is 0.119 e. The van der Waals surface area contributed by atoms with E-state index in [4.69, 9.17) is 4.74 Å². The number of nitrogens with zero attached hydrogens (tertiary/aromatic N) is 2. The molecule has 0 amide bonds. The monoisotopic (exact) mass is 368 g/mol. The molecule has 2 aromatic rings. The fraction of sp³-hybridized carbons (Fsp3) is 0.478. The Hall–Kier alpha value is -1.88. The predicted octanol–water partition coefficient (Wildman–Crippen LogP) is 3.46. The fourth-order valence-electron chi connectivity index (χ4n) is 3.90. The summed E-state index contributed by atoms with van der Waals surface area (Å²) in [6.45, 7) is 10.1. The maximum absolute atomic E-state index is 9.57. The van der Waals surface area contributed by atoms with Crippen LogP contribution in [0.25, 0.3) is 0 Å². The molecular formula is C23H32N2O2. The van der Waals surface area contributed by atoms with Crippen LogP contribution >= 0.6 is 0 Å². The number of benzene rings is 2. The van der Waals surface area contributed by atoms with Gasteiger partial charge in [-0.25, -0.2) is 0 Å². The van der Waals surface area contributed by atoms with Crippen molar-refractivity contribution in [3.05, 3.63) is 65.2 Å². The molecule has 1 aliphatic heterocycles. The lowest BCUT2D eigenvalue weighted by Gasteiger charge is -2.41. The van der Waals surface area contributed by atoms with Gasteiger partial charge in [-0.1, -0.05) is 36.4 Å². The van der Waals surface area contributed by atoms with Crippen molar-refractivity contribution in [3.63, 3.8) is 0 Å². The van der Waals surface area contributed by atoms with E-state index in [2.05, 4.69) is 59.2 Å². The van der Waals surface area contributed by atoms with E-state index in [-0.39, 0.29) is 6.61 Å². The van der Waals surface area contributed by atoms with Gasteiger partial charge in [0.2, 0.25) is 0 Å². The topological polar surface area (TPSA) is 35.9 Å². The summed E-state index contributed by atoms with van der Waals surface area (Å²) in [5.41, 5.74) is 4.02. The lowest BCUT2D eigenvalue weighted by atomic mass is 10.0. The van der Waals surface area contributed by atoms with Crippen LogP contribution in [0.3, 0.4) is 0 Å². The molecule has 0 bridgehead atoms. The average Bonchev–Trinajstić information content (AvgIpc) is 2.66. The number of aryl methyl sites for hydroxylation is 1. The molecule has 0 unspecified atom stereocenters. The van der Waals surface area contributed by atoms with Gasteiger partial charge in [0, 0.05) is 45.4 Å². The van der Waals surface area contributed by atoms with E-state index in [1.54, 1.807) is 0 Å². The highest BCUT2D eigenvalue weighted by Crippen LogP contribution is 2.21. The van der Waals surface area contributed by atoms with Crippen LogP contribution in [0.4, 0.5) is 0 Å². The van der Waals surface area contributed by atoms with Crippen molar-refractivity contribution < 1.29 is 9.84 Å². The van der Waals surface area contributed by atoms with Crippen LogP contribution in [0.15, 0.2) is 48.5 Å². The van der Waals surface area contributed by atoms with Crippen molar-refractivity contribution >= 4 is 0 Å². The Morgan fingerprint density at radius 2 is 1.93 bits per heavy atom. The molecular weight excluding hydrogens is 336 g/mol. The first-order valence-corrected chi connectivity index (χ1v) is 10.0. The van der Waals surface area contributed by atoms with Crippen LogP contribution in [0.2, 0.25) is 0 Å². The smallest absolute Gasteiger partial charge is 0.119 e. The molecule has 4 heteroatoms. The highest BCUT2D eigenvalue weighted by Gasteiger charge is 2.27. The van der Waals surface area contributed by atoms with E-state index in [9.17, 15) is 5.11 Å². The third-order valence-corrected chi connectivity index (χ3v) is 5.40. The molecule has 0 spiro atoms. The summed E-state index contributed by atoms with van der Waals surface area (Å²) in [5.74, 6) is 0.945. The van der Waals surface area contributed by atoms with Crippen molar-refractivity contribution in [3.8, 4) is 5.75 Å². The standard InChI is InChI=1S/C23H32N2O2/c1-3-27-23-10-6-8-20(15-23)16-24-12-13-25(22(18-24)11-14-26)17-21-9-5-4-7-19(21)2/h4-10,15,22,26H,3,11-14,16-18H2,1-2H3/t22-/m1/s1. The van der Waals surface area contributed by atoms with Gasteiger partial charge in [-0.3, -0.25) is 9.80 Å². The fourth-order valence-corrected chi connectivity index (χ4v) is 3.90. The highest BCUT2D eigenvalue weighted by molar-refractivity contribution is 5.28. The van der Waals surface area contributed by atoms with Crippen molar-refractivity contribution in [2.24, 2.45) is 0 Å². The number of aliphatic hydroxyl groups is 1. The SMILES string of the molecule is CCOc1cccc(CN2CCN(Cc3ccccc3C)[C@H](CCO)C2)c1. The van der Waals surface area contributed by atoms with Gasteiger partial charge in [-0.05, 0) is 49.1 Å². The van der Waals surface area contributed by atoms with E-state index >= 15 is 0 Å². The van der Waals surface area contributed by atoms with E-state index < -0.39 is 0 Å². The molecule has 0 aliphatic carbocycles. The van der Waals surface area contributed by atoms with E-state index in [1.165, 1.54) is 16.7 Å². The van der Waals surface area contributed by atoms with Gasteiger partial charge in [0.25, 0.3) is 0 Å². The summed E-state index contributed by atoms with van der Waals surface area (Å²) in [7, 11) is 0. The van der Waals surface area contributed by atoms with Gasteiger partial charge in [0.15, 0.2) is 0 Å². The van der Waals surface area contributed by atoms with Gasteiger partial charge in [-0.15, -0.1) is 0 Å². The molecule has 2 aromatic carbocycles. The van der Waals surface area contributed by atoms with E-state index in [0.717, 1.165) is 44.9 Å². The highest BCUT2D eigenvalue weighted by atomic mass is 16.5. The number of piperazine rings is 1. The van der Waals surface area contributed by atoms with Crippen LogP contribution in [0, 0.1) is 6.92 Å². The van der Waals surface area contributed by atoms with Gasteiger partial charge in [0.05, 0.1) is 6.61 Å². The van der Waals surface area contributed by atoms with Gasteiger partial charge in [-0.2, -0.15) is 0 Å². The third kappa shape index (κ3) is 5.55. The van der Waals surface area contributed by atoms with Gasteiger partial charge < -0.3 is 9.84 Å². The minimum Gasteiger partial charge on any atom is -0.494 e. The molecule has 1 fully saturated rings. The van der Waals surface area contributed by atoms with Crippen molar-refractivity contribution in [1.29, 1.82) is 0 Å². The van der Waals surface area contributed by atoms with E-state index in [1.807, 2.05) is 13.0 Å². The Morgan fingerprint density at radius 1 is 1.07 bits per heavy atom. The normalized spacial score (nSPS) is 18.6. The maximum atomic E-state index is 9.57. The van der Waals surface area contributed by atoms with Crippen LogP contribution in [-0.4, -0.2) is 53.8 Å². The van der Waals surface area contributed by atoms with Crippen LogP contribution in [-0.2, 0) is 13.1 Å². The summed E-state index contributed by atoms with van der Waals surface area (Å²) in [6.07, 6.45) is 0.821. The first-order chi connectivity index (χ1) is 13.2. The molecule has 4 nitrogen and oxygen atoms in total. The zero-order valence-corrected chi connectivity index (χ0v) is 16.6. The molecule has 1 atom stereocenters. The average molecular weight is 369 g/mol. The number of hydrogen-bond donors (Lipinski definition) is 1. The van der Waals surface area contributed by atoms with Crippen molar-refractivity contribution in [2.75, 3.05) is 32.8 Å². The van der Waals surface area contributed by atoms with Gasteiger partial charge >= 0.3 is 0 Å². The van der Waals surface area contributed by atoms with Crippen molar-refractivity contribution in [1.82, 2.24) is 9.80 Å². The lowest BCUT2D eigenvalue weighted by Crippen LogP contribution is -2.52. The Kier molecular flexibility index (Phi) is 7.27. The van der Waals surface area contributed by atoms with E-state index in [0.29, 0.717) is 12.6 Å². The summed E-state index contributed by atoms with van der Waals surface area (Å²) in [5, 5.41) is 9.57. The predicted molar refractivity (Wildman–Crippen MR) is 110 cm³/mol. The lowest BCUT2D eigenvalue weighted by molar-refractivity contribution is 0.0498. The summed E-state index contributed by atoms with van der Waals surface area (Å²) >= 11 is 0. The van der Waals surface area contributed by atoms with Gasteiger partial charge in [0.1, 0.15) is 5.75 Å². The van der Waals surface area contributed by atoms with Crippen molar-refractivity contribution in [2.45, 2.75) is 39.4 Å². The molecule has 1 heterocycles. The number of hydrogen-bond acceptors (Lipinski definition) is 4. The first kappa shape index (κ1) is 19.9. The second kappa shape index (κ2) is 9.88. The van der Waals surface area contributed by atoms with Crippen LogP contribution in [0.1, 0.15) is 30.0 Å². The second-order valence-corrected chi connectivity index (χ2v) is 7.38. The second-order valence-electron chi connectivity index (χ2n) is 7.38. The molecule has 0 saturated carbocycles. The molecule has 3 rings (SSSR count). The molecule has 1 aliphatic rings. The Balaban J connectivity index is 1.63. The summed E-state index contributed by atoms with van der Waals surface area (Å²) in [4.78, 5) is 5.03. The Bertz CT molecular complexity index is 719.